The van der Waals surface area contributed by atoms with Crippen LogP contribution in [0.1, 0.15) is 11.1 Å². The molecule has 266 valence electrons. The predicted octanol–water partition coefficient (Wildman–Crippen LogP) is 10.3. The predicted molar refractivity (Wildman–Crippen MR) is 198 cm³/mol. The molecule has 1 amide bonds. The second-order valence-electron chi connectivity index (χ2n) is 10.2. The number of nitro benzene ring substituents is 2. The molecule has 2 heterocycles. The van der Waals surface area contributed by atoms with E-state index in [0.29, 0.717) is 18.0 Å². The van der Waals surface area contributed by atoms with Crippen LogP contribution in [0.5, 0.6) is 11.5 Å². The Morgan fingerprint density at radius 2 is 1.24 bits per heavy atom. The van der Waals surface area contributed by atoms with Crippen molar-refractivity contribution in [1.29, 1.82) is 0 Å². The van der Waals surface area contributed by atoms with Crippen LogP contribution in [0.4, 0.5) is 35.9 Å². The second-order valence-corrected chi connectivity index (χ2v) is 12.6. The van der Waals surface area contributed by atoms with Crippen molar-refractivity contribution in [2.45, 2.75) is 18.1 Å². The van der Waals surface area contributed by atoms with E-state index in [2.05, 4.69) is 68.4 Å². The standard InChI is InChI=1S/C16H14N2O3S.C9H7BrS.C9H7F3N2O4/c1-21-12-6-7-14(15(8-12)18(19)20)17-9-11-10-22-16-5-3-2-4-13(11)16;10-5-7-6-11-9-4-2-1-3-8(7)9;1-18-5-2-3-6(7(4-5)14(16)17)13-8(15)9(10,11)12/h2-8,10,17H,9H2,1H3;1-4,6H,5H2;2-4H,1H3,(H,13,15). The first-order chi connectivity index (χ1) is 24.4. The third-order valence-corrected chi connectivity index (χ3v) is 9.67. The number of carbonyl (C=O) groups is 1. The summed E-state index contributed by atoms with van der Waals surface area (Å²) >= 11 is 6.94. The molecule has 11 nitrogen and oxygen atoms in total. The van der Waals surface area contributed by atoms with Crippen molar-refractivity contribution in [3.8, 4) is 11.5 Å². The number of anilines is 2. The molecule has 0 spiro atoms. The molecule has 51 heavy (non-hydrogen) atoms. The molecule has 0 fully saturated rings. The van der Waals surface area contributed by atoms with Gasteiger partial charge in [0.2, 0.25) is 0 Å². The summed E-state index contributed by atoms with van der Waals surface area (Å²) in [6, 6.07) is 24.5. The molecule has 4 aromatic carbocycles. The number of carbonyl (C=O) groups excluding carboxylic acids is 1. The number of hydrogen-bond donors (Lipinski definition) is 2. The van der Waals surface area contributed by atoms with Gasteiger partial charge in [-0.2, -0.15) is 13.2 Å². The number of methoxy groups -OCH3 is 2. The van der Waals surface area contributed by atoms with Crippen LogP contribution in [-0.4, -0.2) is 36.1 Å². The van der Waals surface area contributed by atoms with Gasteiger partial charge in [-0.05, 0) is 69.1 Å². The van der Waals surface area contributed by atoms with Gasteiger partial charge in [-0.25, -0.2) is 0 Å². The molecule has 6 aromatic rings. The van der Waals surface area contributed by atoms with Crippen molar-refractivity contribution in [3.63, 3.8) is 0 Å². The van der Waals surface area contributed by atoms with Crippen LogP contribution < -0.4 is 20.1 Å². The summed E-state index contributed by atoms with van der Waals surface area (Å²) in [7, 11) is 2.73. The lowest BCUT2D eigenvalue weighted by molar-refractivity contribution is -0.384. The van der Waals surface area contributed by atoms with E-state index in [4.69, 9.17) is 9.47 Å². The number of rotatable bonds is 9. The fourth-order valence-corrected chi connectivity index (χ4v) is 7.13. The Balaban J connectivity index is 0.000000181. The molecule has 6 rings (SSSR count). The Hall–Kier alpha value is -5.26. The van der Waals surface area contributed by atoms with Crippen LogP contribution in [0.15, 0.2) is 95.7 Å². The lowest BCUT2D eigenvalue weighted by Gasteiger charge is -2.09. The summed E-state index contributed by atoms with van der Waals surface area (Å²) in [5.41, 5.74) is 1.78. The Kier molecular flexibility index (Phi) is 13.3. The monoisotopic (exact) mass is 804 g/mol. The third kappa shape index (κ3) is 10.1. The van der Waals surface area contributed by atoms with E-state index in [1.165, 1.54) is 57.4 Å². The minimum atomic E-state index is -5.12. The van der Waals surface area contributed by atoms with Gasteiger partial charge in [-0.15, -0.1) is 22.7 Å². The largest absolute Gasteiger partial charge is 0.496 e. The summed E-state index contributed by atoms with van der Waals surface area (Å²) in [5, 5.41) is 34.2. The molecular weight excluding hydrogens is 777 g/mol. The van der Waals surface area contributed by atoms with E-state index in [1.54, 1.807) is 23.5 Å². The van der Waals surface area contributed by atoms with E-state index in [-0.39, 0.29) is 11.4 Å². The van der Waals surface area contributed by atoms with Crippen LogP contribution >= 0.6 is 38.6 Å². The molecule has 0 aliphatic rings. The zero-order valence-corrected chi connectivity index (χ0v) is 30.0. The molecular formula is C34H28BrF3N4O7S2. The van der Waals surface area contributed by atoms with Crippen LogP contribution in [0.3, 0.4) is 0 Å². The van der Waals surface area contributed by atoms with Crippen LogP contribution in [0.25, 0.3) is 20.2 Å². The van der Waals surface area contributed by atoms with Crippen molar-refractivity contribution < 1.29 is 37.3 Å². The van der Waals surface area contributed by atoms with E-state index < -0.39 is 33.3 Å². The maximum Gasteiger partial charge on any atom is 0.471 e. The van der Waals surface area contributed by atoms with Gasteiger partial charge >= 0.3 is 12.1 Å². The van der Waals surface area contributed by atoms with E-state index in [1.807, 2.05) is 23.5 Å². The quantitative estimate of drug-likeness (QED) is 0.0834. The smallest absolute Gasteiger partial charge is 0.471 e. The Morgan fingerprint density at radius 3 is 1.73 bits per heavy atom. The van der Waals surface area contributed by atoms with Crippen molar-refractivity contribution >= 4 is 87.4 Å². The highest BCUT2D eigenvalue weighted by molar-refractivity contribution is 9.08. The summed E-state index contributed by atoms with van der Waals surface area (Å²) in [4.78, 5) is 31.2. The number of amides is 1. The number of fused-ring (bicyclic) bond motifs is 2. The first kappa shape index (κ1) is 38.5. The summed E-state index contributed by atoms with van der Waals surface area (Å²) < 4.78 is 48.3. The zero-order chi connectivity index (χ0) is 37.1. The van der Waals surface area contributed by atoms with Gasteiger partial charge in [0.25, 0.3) is 11.4 Å². The highest BCUT2D eigenvalue weighted by atomic mass is 79.9. The van der Waals surface area contributed by atoms with Crippen molar-refractivity contribution in [3.05, 3.63) is 127 Å². The lowest BCUT2D eigenvalue weighted by atomic mass is 10.1. The Labute approximate surface area is 305 Å². The average molecular weight is 806 g/mol. The number of nitrogens with one attached hydrogen (secondary N) is 2. The second kappa shape index (κ2) is 17.6. The zero-order valence-electron chi connectivity index (χ0n) is 26.7. The molecule has 0 aliphatic heterocycles. The first-order valence-corrected chi connectivity index (χ1v) is 17.5. The number of thiophene rings is 2. The molecule has 0 atom stereocenters. The number of benzene rings is 4. The molecule has 17 heteroatoms. The van der Waals surface area contributed by atoms with E-state index in [0.717, 1.165) is 23.0 Å². The summed E-state index contributed by atoms with van der Waals surface area (Å²) in [6.07, 6.45) is -5.12. The molecule has 0 saturated heterocycles. The Morgan fingerprint density at radius 1 is 0.765 bits per heavy atom. The van der Waals surface area contributed by atoms with Crippen molar-refractivity contribution in [1.82, 2.24) is 0 Å². The number of hydrogen-bond acceptors (Lipinski definition) is 10. The summed E-state index contributed by atoms with van der Waals surface area (Å²) in [6.45, 7) is 0.539. The minimum Gasteiger partial charge on any atom is -0.496 e. The molecule has 2 N–H and O–H groups in total. The van der Waals surface area contributed by atoms with Gasteiger partial charge in [0, 0.05) is 21.3 Å². The average Bonchev–Trinajstić information content (AvgIpc) is 3.75. The van der Waals surface area contributed by atoms with Gasteiger partial charge in [0.05, 0.1) is 36.2 Å². The molecule has 0 aliphatic carbocycles. The number of nitrogens with zero attached hydrogens (tertiary/aromatic N) is 2. The maximum atomic E-state index is 12.0. The lowest BCUT2D eigenvalue weighted by Crippen LogP contribution is -2.30. The Bertz CT molecular complexity index is 2160. The number of alkyl halides is 4. The van der Waals surface area contributed by atoms with Crippen LogP contribution in [-0.2, 0) is 16.7 Å². The first-order valence-electron chi connectivity index (χ1n) is 14.6. The third-order valence-electron chi connectivity index (χ3n) is 7.04. The molecule has 0 unspecified atom stereocenters. The fraction of sp³-hybridized carbons (Fsp3) is 0.147. The minimum absolute atomic E-state index is 0.0129. The van der Waals surface area contributed by atoms with E-state index in [9.17, 15) is 38.2 Å². The molecule has 2 aromatic heterocycles. The van der Waals surface area contributed by atoms with E-state index >= 15 is 0 Å². The van der Waals surface area contributed by atoms with Crippen molar-refractivity contribution in [2.24, 2.45) is 0 Å². The fourth-order valence-electron chi connectivity index (χ4n) is 4.52. The number of nitro groups is 2. The van der Waals surface area contributed by atoms with Gasteiger partial charge in [0.1, 0.15) is 22.9 Å². The highest BCUT2D eigenvalue weighted by Crippen LogP contribution is 2.32. The molecule has 0 radical (unpaired) electrons. The maximum absolute atomic E-state index is 12.0. The van der Waals surface area contributed by atoms with Crippen LogP contribution in [0, 0.1) is 20.2 Å². The highest BCUT2D eigenvalue weighted by Gasteiger charge is 2.39. The SMILES string of the molecule is BrCc1csc2ccccc12.COc1ccc(NC(=O)C(F)(F)F)c([N+](=O)[O-])c1.COc1ccc(NCc2csc3ccccc23)c([N+](=O)[O-])c1. The number of ether oxygens (including phenoxy) is 2. The molecule has 0 saturated carbocycles. The van der Waals surface area contributed by atoms with Gasteiger partial charge < -0.3 is 20.1 Å². The van der Waals surface area contributed by atoms with Crippen molar-refractivity contribution in [2.75, 3.05) is 24.9 Å². The number of halogens is 4. The van der Waals surface area contributed by atoms with Gasteiger partial charge in [-0.1, -0.05) is 52.3 Å². The topological polar surface area (TPSA) is 146 Å². The molecule has 0 bridgehead atoms. The summed E-state index contributed by atoms with van der Waals surface area (Å²) in [5.74, 6) is -1.72. The van der Waals surface area contributed by atoms with Crippen LogP contribution in [0.2, 0.25) is 0 Å². The normalized spacial score (nSPS) is 10.7. The van der Waals surface area contributed by atoms with Gasteiger partial charge in [-0.3, -0.25) is 25.0 Å². The van der Waals surface area contributed by atoms with Gasteiger partial charge in [0.15, 0.2) is 0 Å².